The van der Waals surface area contributed by atoms with E-state index in [9.17, 15) is 4.79 Å². The van der Waals surface area contributed by atoms with Crippen molar-refractivity contribution in [2.24, 2.45) is 5.41 Å². The summed E-state index contributed by atoms with van der Waals surface area (Å²) in [6.07, 6.45) is 2.56. The average molecular weight is 232 g/mol. The third kappa shape index (κ3) is 1.76. The number of carbonyl (C=O) groups excluding carboxylic acids is 1. The highest BCUT2D eigenvalue weighted by Gasteiger charge is 2.52. The van der Waals surface area contributed by atoms with Gasteiger partial charge in [0, 0.05) is 17.8 Å². The van der Waals surface area contributed by atoms with E-state index < -0.39 is 0 Å². The van der Waals surface area contributed by atoms with Crippen molar-refractivity contribution in [3.63, 3.8) is 0 Å². The lowest BCUT2D eigenvalue weighted by atomic mass is 9.54. The molecule has 1 atom stereocenters. The first kappa shape index (κ1) is 12.2. The molecule has 1 aliphatic rings. The summed E-state index contributed by atoms with van der Waals surface area (Å²) in [5.41, 5.74) is 1.12. The molecular formula is C15H20O2. The normalized spacial score (nSPS) is 22.1. The van der Waals surface area contributed by atoms with Gasteiger partial charge < -0.3 is 4.74 Å². The van der Waals surface area contributed by atoms with Gasteiger partial charge in [0.15, 0.2) is 0 Å². The van der Waals surface area contributed by atoms with Crippen LogP contribution in [0.15, 0.2) is 24.3 Å². The minimum absolute atomic E-state index is 0.119. The molecule has 2 rings (SSSR count). The highest BCUT2D eigenvalue weighted by Crippen LogP contribution is 2.54. The Morgan fingerprint density at radius 2 is 2.06 bits per heavy atom. The fraction of sp³-hybridized carbons (Fsp3) is 0.533. The molecule has 0 heterocycles. The van der Waals surface area contributed by atoms with Gasteiger partial charge in [-0.2, -0.15) is 0 Å². The summed E-state index contributed by atoms with van der Waals surface area (Å²) in [7, 11) is 1.68. The van der Waals surface area contributed by atoms with E-state index in [1.54, 1.807) is 7.11 Å². The molecule has 0 spiro atoms. The molecular weight excluding hydrogens is 212 g/mol. The molecule has 0 bridgehead atoms. The number of hydrogen-bond donors (Lipinski definition) is 0. The number of benzene rings is 1. The smallest absolute Gasteiger partial charge is 0.140 e. The summed E-state index contributed by atoms with van der Waals surface area (Å²) in [5, 5.41) is 0. The second-order valence-corrected chi connectivity index (χ2v) is 4.82. The molecule has 1 aliphatic carbocycles. The Kier molecular flexibility index (Phi) is 3.23. The van der Waals surface area contributed by atoms with Gasteiger partial charge in [0.25, 0.3) is 0 Å². The summed E-state index contributed by atoms with van der Waals surface area (Å²) in [6.45, 7) is 4.24. The van der Waals surface area contributed by atoms with E-state index in [4.69, 9.17) is 4.74 Å². The summed E-state index contributed by atoms with van der Waals surface area (Å²) in [6, 6.07) is 8.13. The molecule has 1 unspecified atom stereocenters. The molecule has 1 saturated carbocycles. The van der Waals surface area contributed by atoms with Crippen LogP contribution in [-0.2, 0) is 4.79 Å². The van der Waals surface area contributed by atoms with Gasteiger partial charge >= 0.3 is 0 Å². The predicted octanol–water partition coefficient (Wildman–Crippen LogP) is 3.56. The van der Waals surface area contributed by atoms with Gasteiger partial charge in [-0.3, -0.25) is 4.79 Å². The van der Waals surface area contributed by atoms with Gasteiger partial charge in [0.1, 0.15) is 11.5 Å². The maximum Gasteiger partial charge on any atom is 0.140 e. The number of rotatable bonds is 4. The molecule has 92 valence electrons. The zero-order valence-corrected chi connectivity index (χ0v) is 10.8. The predicted molar refractivity (Wildman–Crippen MR) is 68.4 cm³/mol. The second kappa shape index (κ2) is 4.52. The minimum Gasteiger partial charge on any atom is -0.497 e. The van der Waals surface area contributed by atoms with Crippen LogP contribution in [0.4, 0.5) is 0 Å². The van der Waals surface area contributed by atoms with Gasteiger partial charge in [-0.05, 0) is 30.5 Å². The van der Waals surface area contributed by atoms with Crippen molar-refractivity contribution < 1.29 is 9.53 Å². The van der Waals surface area contributed by atoms with Crippen LogP contribution in [0.1, 0.15) is 44.6 Å². The molecule has 1 aromatic rings. The SMILES string of the molecule is CCC1(CC)C(=O)CC1c1cccc(OC)c1. The van der Waals surface area contributed by atoms with E-state index in [2.05, 4.69) is 26.0 Å². The van der Waals surface area contributed by atoms with E-state index in [0.29, 0.717) is 18.1 Å². The number of hydrogen-bond acceptors (Lipinski definition) is 2. The largest absolute Gasteiger partial charge is 0.497 e. The molecule has 1 fully saturated rings. The summed E-state index contributed by atoms with van der Waals surface area (Å²) in [5.74, 6) is 1.68. The van der Waals surface area contributed by atoms with E-state index in [0.717, 1.165) is 18.6 Å². The van der Waals surface area contributed by atoms with Gasteiger partial charge in [0.05, 0.1) is 7.11 Å². The Bertz CT molecular complexity index is 419. The van der Waals surface area contributed by atoms with Crippen molar-refractivity contribution in [3.8, 4) is 5.75 Å². The first-order valence-corrected chi connectivity index (χ1v) is 6.35. The van der Waals surface area contributed by atoms with Crippen LogP contribution in [0.2, 0.25) is 0 Å². The van der Waals surface area contributed by atoms with Crippen molar-refractivity contribution in [2.45, 2.75) is 39.0 Å². The molecule has 0 radical (unpaired) electrons. The molecule has 17 heavy (non-hydrogen) atoms. The maximum atomic E-state index is 11.9. The standard InChI is InChI=1S/C15H20O2/c1-4-15(5-2)13(10-14(15)16)11-7-6-8-12(9-11)17-3/h6-9,13H,4-5,10H2,1-3H3. The van der Waals surface area contributed by atoms with Crippen molar-refractivity contribution in [1.82, 2.24) is 0 Å². The first-order chi connectivity index (χ1) is 8.17. The lowest BCUT2D eigenvalue weighted by Gasteiger charge is -2.47. The van der Waals surface area contributed by atoms with Crippen molar-refractivity contribution in [1.29, 1.82) is 0 Å². The van der Waals surface area contributed by atoms with E-state index in [1.807, 2.05) is 12.1 Å². The van der Waals surface area contributed by atoms with Crippen LogP contribution < -0.4 is 4.74 Å². The number of Topliss-reactive ketones (excluding diaryl/α,β-unsaturated/α-hetero) is 1. The van der Waals surface area contributed by atoms with E-state index in [1.165, 1.54) is 5.56 Å². The van der Waals surface area contributed by atoms with Gasteiger partial charge in [-0.25, -0.2) is 0 Å². The highest BCUT2D eigenvalue weighted by molar-refractivity contribution is 5.93. The number of methoxy groups -OCH3 is 1. The van der Waals surface area contributed by atoms with Crippen LogP contribution in [0.3, 0.4) is 0 Å². The Hall–Kier alpha value is -1.31. The third-order valence-electron chi connectivity index (χ3n) is 4.37. The molecule has 0 N–H and O–H groups in total. The zero-order chi connectivity index (χ0) is 12.5. The van der Waals surface area contributed by atoms with Crippen LogP contribution in [-0.4, -0.2) is 12.9 Å². The monoisotopic (exact) mass is 232 g/mol. The number of ketones is 1. The van der Waals surface area contributed by atoms with Crippen LogP contribution in [0, 0.1) is 5.41 Å². The average Bonchev–Trinajstić information content (AvgIpc) is 2.37. The molecule has 2 heteroatoms. The van der Waals surface area contributed by atoms with Crippen molar-refractivity contribution in [3.05, 3.63) is 29.8 Å². The minimum atomic E-state index is -0.119. The number of ether oxygens (including phenoxy) is 1. The van der Waals surface area contributed by atoms with Gasteiger partial charge in [-0.1, -0.05) is 26.0 Å². The van der Waals surface area contributed by atoms with Gasteiger partial charge in [-0.15, -0.1) is 0 Å². The quantitative estimate of drug-likeness (QED) is 0.793. The molecule has 0 aromatic heterocycles. The fourth-order valence-corrected chi connectivity index (χ4v) is 3.08. The highest BCUT2D eigenvalue weighted by atomic mass is 16.5. The fourth-order valence-electron chi connectivity index (χ4n) is 3.08. The van der Waals surface area contributed by atoms with Crippen molar-refractivity contribution in [2.75, 3.05) is 7.11 Å². The van der Waals surface area contributed by atoms with Gasteiger partial charge in [0.2, 0.25) is 0 Å². The zero-order valence-electron chi connectivity index (χ0n) is 10.8. The summed E-state index contributed by atoms with van der Waals surface area (Å²) >= 11 is 0. The maximum absolute atomic E-state index is 11.9. The molecule has 2 nitrogen and oxygen atoms in total. The van der Waals surface area contributed by atoms with Crippen LogP contribution in [0.5, 0.6) is 5.75 Å². The lowest BCUT2D eigenvalue weighted by molar-refractivity contribution is -0.141. The Morgan fingerprint density at radius 1 is 1.35 bits per heavy atom. The summed E-state index contributed by atoms with van der Waals surface area (Å²) in [4.78, 5) is 11.9. The first-order valence-electron chi connectivity index (χ1n) is 6.35. The lowest BCUT2D eigenvalue weighted by Crippen LogP contribution is -2.47. The van der Waals surface area contributed by atoms with Crippen molar-refractivity contribution >= 4 is 5.78 Å². The van der Waals surface area contributed by atoms with E-state index in [-0.39, 0.29) is 5.41 Å². The Labute approximate surface area is 103 Å². The van der Waals surface area contributed by atoms with Crippen LogP contribution >= 0.6 is 0 Å². The Morgan fingerprint density at radius 3 is 2.59 bits per heavy atom. The topological polar surface area (TPSA) is 26.3 Å². The summed E-state index contributed by atoms with van der Waals surface area (Å²) < 4.78 is 5.25. The molecule has 1 aromatic carbocycles. The van der Waals surface area contributed by atoms with E-state index >= 15 is 0 Å². The Balaban J connectivity index is 2.31. The number of carbonyl (C=O) groups is 1. The molecule has 0 aliphatic heterocycles. The molecule has 0 amide bonds. The molecule has 0 saturated heterocycles. The van der Waals surface area contributed by atoms with Crippen LogP contribution in [0.25, 0.3) is 0 Å². The third-order valence-corrected chi connectivity index (χ3v) is 4.37. The second-order valence-electron chi connectivity index (χ2n) is 4.82.